The van der Waals surface area contributed by atoms with Crippen molar-refractivity contribution in [1.82, 2.24) is 30.0 Å². The minimum Gasteiger partial charge on any atom is -0.481 e. The molecule has 2 unspecified atom stereocenters. The standard InChI is InChI=1S/C24H30ClN3O3.C13H13ClN2.C11H19NO4/c1-24(2,3)31-23(30)28-15-12-18(13-16-28)22(29)27(4)21(20-7-5-6-14-26-20)17-8-10-19(25)11-9-17;1-15-13(12-4-2-3-9-16-12)10-5-7-11(14)8-6-10;1-11(2,3)16-10(15)12-6-4-8(5-7-12)9(13)14/h5-11,14,18,21H,12-13,15-16H2,1-4H3;2-9,13,15H,1H3;8H,4-7H2,1-3H3,(H,13,14). The number of carbonyl (C=O) groups excluding carboxylic acids is 3. The van der Waals surface area contributed by atoms with Crippen LogP contribution in [0.4, 0.5) is 9.59 Å². The highest BCUT2D eigenvalue weighted by Crippen LogP contribution is 2.31. The molecule has 2 aromatic heterocycles. The number of hydrogen-bond donors (Lipinski definition) is 2. The van der Waals surface area contributed by atoms with Crippen LogP contribution in [0.5, 0.6) is 0 Å². The van der Waals surface area contributed by atoms with Crippen LogP contribution in [0.3, 0.4) is 0 Å². The molecule has 2 aliphatic rings. The second kappa shape index (κ2) is 23.4. The Morgan fingerprint density at radius 1 is 0.667 bits per heavy atom. The Kier molecular flexibility index (Phi) is 18.8. The molecule has 0 bridgehead atoms. The van der Waals surface area contributed by atoms with Gasteiger partial charge in [0.15, 0.2) is 0 Å². The summed E-state index contributed by atoms with van der Waals surface area (Å²) in [4.78, 5) is 62.0. The van der Waals surface area contributed by atoms with E-state index in [9.17, 15) is 19.2 Å². The maximum Gasteiger partial charge on any atom is 0.410 e. The number of carbonyl (C=O) groups is 4. The predicted molar refractivity (Wildman–Crippen MR) is 246 cm³/mol. The second-order valence-electron chi connectivity index (χ2n) is 17.5. The molecule has 2 aromatic carbocycles. The lowest BCUT2D eigenvalue weighted by molar-refractivity contribution is -0.143. The molecule has 63 heavy (non-hydrogen) atoms. The molecule has 4 aromatic rings. The fourth-order valence-electron chi connectivity index (χ4n) is 7.15. The Labute approximate surface area is 382 Å². The maximum absolute atomic E-state index is 13.4. The van der Waals surface area contributed by atoms with E-state index in [0.29, 0.717) is 56.9 Å². The van der Waals surface area contributed by atoms with Gasteiger partial charge in [-0.25, -0.2) is 9.59 Å². The normalized spacial score (nSPS) is 15.7. The van der Waals surface area contributed by atoms with Gasteiger partial charge in [-0.2, -0.15) is 0 Å². The number of carboxylic acids is 1. The first-order chi connectivity index (χ1) is 29.8. The number of pyridine rings is 2. The van der Waals surface area contributed by atoms with Crippen molar-refractivity contribution in [2.75, 3.05) is 40.3 Å². The minimum atomic E-state index is -0.774. The summed E-state index contributed by atoms with van der Waals surface area (Å²) in [6.45, 7) is 12.9. The Balaban J connectivity index is 0.000000229. The molecule has 2 N–H and O–H groups in total. The summed E-state index contributed by atoms with van der Waals surface area (Å²) < 4.78 is 10.7. The molecule has 15 heteroatoms. The first kappa shape index (κ1) is 50.4. The highest BCUT2D eigenvalue weighted by Gasteiger charge is 2.34. The number of hydrogen-bond acceptors (Lipinski definition) is 9. The monoisotopic (exact) mass is 904 g/mol. The van der Waals surface area contributed by atoms with Gasteiger partial charge in [-0.3, -0.25) is 19.6 Å². The summed E-state index contributed by atoms with van der Waals surface area (Å²) >= 11 is 11.9. The van der Waals surface area contributed by atoms with Gasteiger partial charge in [0.1, 0.15) is 11.2 Å². The fraction of sp³-hybridized carbons (Fsp3) is 0.458. The number of nitrogens with one attached hydrogen (secondary N) is 1. The van der Waals surface area contributed by atoms with E-state index in [0.717, 1.165) is 27.5 Å². The molecule has 13 nitrogen and oxygen atoms in total. The van der Waals surface area contributed by atoms with Crippen LogP contribution in [0.25, 0.3) is 0 Å². The Bertz CT molecular complexity index is 2050. The lowest BCUT2D eigenvalue weighted by atomic mass is 9.93. The molecule has 0 saturated carbocycles. The number of piperidine rings is 2. The zero-order valence-corrected chi connectivity index (χ0v) is 39.1. The van der Waals surface area contributed by atoms with Crippen molar-refractivity contribution in [2.24, 2.45) is 11.8 Å². The van der Waals surface area contributed by atoms with Crippen LogP contribution in [-0.4, -0.2) is 105 Å². The third-order valence-corrected chi connectivity index (χ3v) is 10.9. The van der Waals surface area contributed by atoms with Crippen molar-refractivity contribution in [2.45, 2.75) is 90.5 Å². The summed E-state index contributed by atoms with van der Waals surface area (Å²) in [6, 6.07) is 26.7. The van der Waals surface area contributed by atoms with E-state index in [1.165, 1.54) is 0 Å². The maximum atomic E-state index is 13.4. The van der Waals surface area contributed by atoms with Crippen LogP contribution in [0.15, 0.2) is 97.3 Å². The first-order valence-corrected chi connectivity index (χ1v) is 22.0. The van der Waals surface area contributed by atoms with Crippen molar-refractivity contribution < 1.29 is 33.8 Å². The molecule has 0 aliphatic carbocycles. The number of amides is 3. The van der Waals surface area contributed by atoms with Gasteiger partial charge in [0.25, 0.3) is 0 Å². The van der Waals surface area contributed by atoms with E-state index in [2.05, 4.69) is 15.3 Å². The number of halogens is 2. The number of nitrogens with zero attached hydrogens (tertiary/aromatic N) is 5. The molecular weight excluding hydrogens is 843 g/mol. The first-order valence-electron chi connectivity index (χ1n) is 21.2. The molecule has 2 aliphatic heterocycles. The number of aromatic nitrogens is 2. The lowest BCUT2D eigenvalue weighted by Gasteiger charge is -2.36. The van der Waals surface area contributed by atoms with E-state index in [-0.39, 0.29) is 42.0 Å². The summed E-state index contributed by atoms with van der Waals surface area (Å²) in [7, 11) is 3.74. The average molecular weight is 906 g/mol. The predicted octanol–water partition coefficient (Wildman–Crippen LogP) is 9.69. The second-order valence-corrected chi connectivity index (χ2v) is 18.4. The highest BCUT2D eigenvalue weighted by molar-refractivity contribution is 6.30. The van der Waals surface area contributed by atoms with E-state index >= 15 is 0 Å². The number of carboxylic acid groups (broad SMARTS) is 1. The average Bonchev–Trinajstić information content (AvgIpc) is 3.25. The van der Waals surface area contributed by atoms with Gasteiger partial charge in [0, 0.05) is 61.6 Å². The van der Waals surface area contributed by atoms with Crippen LogP contribution in [0.2, 0.25) is 10.0 Å². The zero-order chi connectivity index (χ0) is 46.3. The quantitative estimate of drug-likeness (QED) is 0.175. The van der Waals surface area contributed by atoms with Crippen LogP contribution in [0.1, 0.15) is 102 Å². The molecule has 0 spiro atoms. The third-order valence-electron chi connectivity index (χ3n) is 10.4. The van der Waals surface area contributed by atoms with Crippen LogP contribution in [0, 0.1) is 11.8 Å². The molecule has 3 amide bonds. The SMILES string of the molecule is CC(C)(C)OC(=O)N1CCC(C(=O)O)CC1.CN(C(=O)C1CCN(C(=O)OC(C)(C)C)CC1)C(c1ccc(Cl)cc1)c1ccccn1.CNC(c1ccc(Cl)cc1)c1ccccn1. The van der Waals surface area contributed by atoms with Gasteiger partial charge in [-0.05, 0) is 134 Å². The van der Waals surface area contributed by atoms with Gasteiger partial charge in [0.2, 0.25) is 5.91 Å². The van der Waals surface area contributed by atoms with Gasteiger partial charge in [0.05, 0.1) is 29.4 Å². The third kappa shape index (κ3) is 16.1. The van der Waals surface area contributed by atoms with E-state index in [4.69, 9.17) is 37.8 Å². The number of aliphatic carboxylic acids is 1. The molecule has 6 rings (SSSR count). The molecule has 4 heterocycles. The molecular formula is C48H62Cl2N6O7. The van der Waals surface area contributed by atoms with Crippen LogP contribution < -0.4 is 5.32 Å². The largest absolute Gasteiger partial charge is 0.481 e. The topological polar surface area (TPSA) is 154 Å². The fourth-order valence-corrected chi connectivity index (χ4v) is 7.40. The number of benzene rings is 2. The Hall–Kier alpha value is -5.24. The molecule has 2 fully saturated rings. The smallest absolute Gasteiger partial charge is 0.410 e. The zero-order valence-electron chi connectivity index (χ0n) is 37.6. The van der Waals surface area contributed by atoms with E-state index in [1.54, 1.807) is 27.1 Å². The summed E-state index contributed by atoms with van der Waals surface area (Å²) in [5.74, 6) is -1.20. The van der Waals surface area contributed by atoms with Gasteiger partial charge in [-0.15, -0.1) is 0 Å². The molecule has 2 saturated heterocycles. The number of likely N-dealkylation sites (tertiary alicyclic amines) is 2. The Morgan fingerprint density at radius 3 is 1.46 bits per heavy atom. The van der Waals surface area contributed by atoms with Crippen LogP contribution in [-0.2, 0) is 19.1 Å². The molecule has 340 valence electrons. The van der Waals surface area contributed by atoms with Crippen LogP contribution >= 0.6 is 23.2 Å². The minimum absolute atomic E-state index is 0.0504. The van der Waals surface area contributed by atoms with E-state index in [1.807, 2.05) is 141 Å². The summed E-state index contributed by atoms with van der Waals surface area (Å²) in [5, 5.41) is 13.5. The van der Waals surface area contributed by atoms with Crippen molar-refractivity contribution in [3.8, 4) is 0 Å². The number of rotatable bonds is 8. The van der Waals surface area contributed by atoms with Gasteiger partial charge < -0.3 is 34.6 Å². The summed E-state index contributed by atoms with van der Waals surface area (Å²) in [5.41, 5.74) is 2.88. The van der Waals surface area contributed by atoms with Crippen molar-refractivity contribution in [3.05, 3.63) is 130 Å². The molecule has 2 atom stereocenters. The van der Waals surface area contributed by atoms with Crippen molar-refractivity contribution in [3.63, 3.8) is 0 Å². The Morgan fingerprint density at radius 2 is 1.08 bits per heavy atom. The van der Waals surface area contributed by atoms with Crippen molar-refractivity contribution >= 4 is 47.3 Å². The highest BCUT2D eigenvalue weighted by atomic mass is 35.5. The van der Waals surface area contributed by atoms with Crippen molar-refractivity contribution in [1.29, 1.82) is 0 Å². The van der Waals surface area contributed by atoms with Gasteiger partial charge >= 0.3 is 18.2 Å². The summed E-state index contributed by atoms with van der Waals surface area (Å²) in [6.07, 6.45) is 5.10. The van der Waals surface area contributed by atoms with E-state index < -0.39 is 17.2 Å². The lowest BCUT2D eigenvalue weighted by Crippen LogP contribution is -2.45. The van der Waals surface area contributed by atoms with Gasteiger partial charge in [-0.1, -0.05) is 59.6 Å². The molecule has 0 radical (unpaired) electrons. The number of ether oxygens (including phenoxy) is 2.